The Labute approximate surface area is 207 Å². The molecule has 188 valence electrons. The summed E-state index contributed by atoms with van der Waals surface area (Å²) < 4.78 is 27.0. The Balaban J connectivity index is 1.54. The molecular formula is C29H44FNO2Si. The van der Waals surface area contributed by atoms with E-state index in [0.717, 1.165) is 41.6 Å². The Morgan fingerprint density at radius 1 is 0.794 bits per heavy atom. The fraction of sp³-hybridized carbons (Fsp3) is 0.621. The predicted molar refractivity (Wildman–Crippen MR) is 143 cm³/mol. The highest BCUT2D eigenvalue weighted by atomic mass is 28.3. The first kappa shape index (κ1) is 26.7. The lowest BCUT2D eigenvalue weighted by Gasteiger charge is -2.22. The lowest BCUT2D eigenvalue weighted by atomic mass is 9.88. The smallest absolute Gasteiger partial charge is 0.213 e. The molecule has 2 aromatic rings. The van der Waals surface area contributed by atoms with Crippen LogP contribution < -0.4 is 9.47 Å². The zero-order valence-corrected chi connectivity index (χ0v) is 22.9. The number of aryl methyl sites for hydroxylation is 1. The standard InChI is InChI=1S/C29H44FNO2Si/c1-5-7-9-10-20-33-28-18-15-24-23-14-17-27(29(30)25(23)13-16-26(24)31-28)32-19-11-12-22-34(3,4)21-8-6-2/h14-15,17-18H,5-13,16,19-22H2,1-4H3. The minimum atomic E-state index is -1.08. The molecule has 0 bridgehead atoms. The highest BCUT2D eigenvalue weighted by Crippen LogP contribution is 2.38. The summed E-state index contributed by atoms with van der Waals surface area (Å²) in [6, 6.07) is 10.5. The van der Waals surface area contributed by atoms with Gasteiger partial charge in [0, 0.05) is 19.7 Å². The average molecular weight is 486 g/mol. The Morgan fingerprint density at radius 3 is 2.29 bits per heavy atom. The molecule has 0 saturated carbocycles. The molecule has 34 heavy (non-hydrogen) atoms. The van der Waals surface area contributed by atoms with Gasteiger partial charge in [0.05, 0.1) is 18.9 Å². The first-order valence-electron chi connectivity index (χ1n) is 13.5. The van der Waals surface area contributed by atoms with Gasteiger partial charge in [-0.3, -0.25) is 0 Å². The van der Waals surface area contributed by atoms with Crippen molar-refractivity contribution in [3.63, 3.8) is 0 Å². The van der Waals surface area contributed by atoms with Crippen LogP contribution in [-0.4, -0.2) is 26.3 Å². The average Bonchev–Trinajstić information content (AvgIpc) is 2.83. The van der Waals surface area contributed by atoms with E-state index in [4.69, 9.17) is 14.5 Å². The first-order chi connectivity index (χ1) is 16.4. The quantitative estimate of drug-likeness (QED) is 0.187. The van der Waals surface area contributed by atoms with Crippen molar-refractivity contribution in [3.8, 4) is 22.8 Å². The minimum absolute atomic E-state index is 0.197. The number of nitrogens with zero attached hydrogens (tertiary/aromatic N) is 1. The molecule has 0 amide bonds. The molecule has 1 aromatic heterocycles. The van der Waals surface area contributed by atoms with Crippen molar-refractivity contribution in [3.05, 3.63) is 41.3 Å². The van der Waals surface area contributed by atoms with Gasteiger partial charge < -0.3 is 9.47 Å². The van der Waals surface area contributed by atoms with Gasteiger partial charge in [0.25, 0.3) is 0 Å². The Hall–Kier alpha value is -1.88. The van der Waals surface area contributed by atoms with Crippen LogP contribution in [0.4, 0.5) is 4.39 Å². The molecule has 3 rings (SSSR count). The summed E-state index contributed by atoms with van der Waals surface area (Å²) in [4.78, 5) is 4.72. The molecule has 0 unspecified atom stereocenters. The van der Waals surface area contributed by atoms with Crippen LogP contribution in [0.5, 0.6) is 11.6 Å². The minimum Gasteiger partial charge on any atom is -0.491 e. The molecule has 0 saturated heterocycles. The fourth-order valence-electron chi connectivity index (χ4n) is 4.82. The van der Waals surface area contributed by atoms with Gasteiger partial charge >= 0.3 is 0 Å². The summed E-state index contributed by atoms with van der Waals surface area (Å²) in [7, 11) is -1.08. The molecule has 0 radical (unpaired) electrons. The molecule has 0 atom stereocenters. The van der Waals surface area contributed by atoms with Gasteiger partial charge in [-0.15, -0.1) is 0 Å². The number of pyridine rings is 1. The second kappa shape index (κ2) is 13.3. The van der Waals surface area contributed by atoms with Crippen molar-refractivity contribution in [1.82, 2.24) is 4.98 Å². The van der Waals surface area contributed by atoms with E-state index in [9.17, 15) is 0 Å². The van der Waals surface area contributed by atoms with Crippen LogP contribution in [0.25, 0.3) is 11.1 Å². The first-order valence-corrected chi connectivity index (χ1v) is 16.9. The van der Waals surface area contributed by atoms with Gasteiger partial charge in [0.1, 0.15) is 0 Å². The highest BCUT2D eigenvalue weighted by Gasteiger charge is 2.23. The normalized spacial score (nSPS) is 12.9. The number of rotatable bonds is 15. The van der Waals surface area contributed by atoms with Crippen molar-refractivity contribution >= 4 is 8.07 Å². The van der Waals surface area contributed by atoms with Gasteiger partial charge in [0.2, 0.25) is 5.88 Å². The number of aromatic nitrogens is 1. The SMILES string of the molecule is CCCCCCOc1ccc2c(n1)CCc1c-2ccc(OCCCC[Si](C)(C)CCCC)c1F. The zero-order valence-electron chi connectivity index (χ0n) is 21.9. The number of halogens is 1. The third kappa shape index (κ3) is 7.56. The number of ether oxygens (including phenoxy) is 2. The number of fused-ring (bicyclic) bond motifs is 3. The maximum atomic E-state index is 15.3. The van der Waals surface area contributed by atoms with Gasteiger partial charge in [-0.1, -0.05) is 83.6 Å². The van der Waals surface area contributed by atoms with Crippen LogP contribution in [0.15, 0.2) is 24.3 Å². The van der Waals surface area contributed by atoms with Gasteiger partial charge in [0.15, 0.2) is 11.6 Å². The van der Waals surface area contributed by atoms with E-state index in [0.29, 0.717) is 31.3 Å². The van der Waals surface area contributed by atoms with Gasteiger partial charge in [-0.2, -0.15) is 0 Å². The second-order valence-electron chi connectivity index (χ2n) is 10.5. The third-order valence-corrected chi connectivity index (χ3v) is 10.4. The molecule has 3 nitrogen and oxygen atoms in total. The van der Waals surface area contributed by atoms with Crippen LogP contribution >= 0.6 is 0 Å². The van der Waals surface area contributed by atoms with Gasteiger partial charge in [-0.25, -0.2) is 9.37 Å². The van der Waals surface area contributed by atoms with Crippen LogP contribution in [-0.2, 0) is 12.8 Å². The summed E-state index contributed by atoms with van der Waals surface area (Å²) >= 11 is 0. The predicted octanol–water partition coefficient (Wildman–Crippen LogP) is 8.61. The summed E-state index contributed by atoms with van der Waals surface area (Å²) in [5.74, 6) is 0.877. The zero-order chi connectivity index (χ0) is 24.4. The monoisotopic (exact) mass is 485 g/mol. The Bertz CT molecular complexity index is 915. The number of unbranched alkanes of at least 4 members (excludes halogenated alkanes) is 5. The van der Waals surface area contributed by atoms with Crippen LogP contribution in [0, 0.1) is 5.82 Å². The van der Waals surface area contributed by atoms with Crippen LogP contribution in [0.2, 0.25) is 25.2 Å². The summed E-state index contributed by atoms with van der Waals surface area (Å²) in [5, 5.41) is 0. The van der Waals surface area contributed by atoms with E-state index in [-0.39, 0.29) is 5.82 Å². The third-order valence-electron chi connectivity index (χ3n) is 7.02. The summed E-state index contributed by atoms with van der Waals surface area (Å²) in [6.07, 6.45) is 10.9. The van der Waals surface area contributed by atoms with E-state index in [1.54, 1.807) is 6.07 Å². The van der Waals surface area contributed by atoms with E-state index >= 15 is 4.39 Å². The Kier molecular flexibility index (Phi) is 10.4. The highest BCUT2D eigenvalue weighted by molar-refractivity contribution is 6.77. The van der Waals surface area contributed by atoms with Gasteiger partial charge in [-0.05, 0) is 48.9 Å². The number of benzene rings is 1. The molecule has 1 aliphatic rings. The maximum absolute atomic E-state index is 15.3. The number of hydrogen-bond acceptors (Lipinski definition) is 3. The summed E-state index contributed by atoms with van der Waals surface area (Å²) in [6.45, 7) is 10.7. The van der Waals surface area contributed by atoms with Crippen molar-refractivity contribution in [1.29, 1.82) is 0 Å². The van der Waals surface area contributed by atoms with E-state index in [2.05, 4.69) is 26.9 Å². The molecule has 1 heterocycles. The van der Waals surface area contributed by atoms with Crippen LogP contribution in [0.3, 0.4) is 0 Å². The Morgan fingerprint density at radius 2 is 1.50 bits per heavy atom. The molecule has 0 fully saturated rings. The fourth-order valence-corrected chi connectivity index (χ4v) is 7.59. The molecule has 1 aromatic carbocycles. The molecule has 0 aliphatic heterocycles. The topological polar surface area (TPSA) is 31.4 Å². The number of hydrogen-bond donors (Lipinski definition) is 0. The molecular weight excluding hydrogens is 441 g/mol. The molecule has 0 spiro atoms. The largest absolute Gasteiger partial charge is 0.491 e. The second-order valence-corrected chi connectivity index (χ2v) is 15.9. The van der Waals surface area contributed by atoms with E-state index in [1.165, 1.54) is 50.6 Å². The van der Waals surface area contributed by atoms with E-state index in [1.807, 2.05) is 18.2 Å². The van der Waals surface area contributed by atoms with E-state index < -0.39 is 8.07 Å². The molecule has 1 aliphatic carbocycles. The molecule has 5 heteroatoms. The maximum Gasteiger partial charge on any atom is 0.213 e. The summed E-state index contributed by atoms with van der Waals surface area (Å²) in [5.41, 5.74) is 3.72. The van der Waals surface area contributed by atoms with Crippen molar-refractivity contribution < 1.29 is 13.9 Å². The van der Waals surface area contributed by atoms with Crippen LogP contribution in [0.1, 0.15) is 76.5 Å². The lowest BCUT2D eigenvalue weighted by Crippen LogP contribution is -2.24. The van der Waals surface area contributed by atoms with Crippen molar-refractivity contribution in [2.45, 2.75) is 103 Å². The lowest BCUT2D eigenvalue weighted by molar-refractivity contribution is 0.292. The van der Waals surface area contributed by atoms with Crippen molar-refractivity contribution in [2.24, 2.45) is 0 Å². The van der Waals surface area contributed by atoms with Crippen molar-refractivity contribution in [2.75, 3.05) is 13.2 Å². The molecule has 0 N–H and O–H groups in total.